The van der Waals surface area contributed by atoms with Crippen molar-refractivity contribution < 1.29 is 24.5 Å². The molecule has 0 spiro atoms. The van der Waals surface area contributed by atoms with Gasteiger partial charge in [0, 0.05) is 0 Å². The normalized spacial score (nSPS) is 6.50. The van der Waals surface area contributed by atoms with Crippen molar-refractivity contribution in [2.24, 2.45) is 0 Å². The first kappa shape index (κ1) is 11.3. The highest BCUT2D eigenvalue weighted by atomic mass is 16.7. The Kier molecular flexibility index (Phi) is 8.45. The van der Waals surface area contributed by atoms with Gasteiger partial charge in [0.05, 0.1) is 0 Å². The average molecular weight is 148 g/mol. The highest BCUT2D eigenvalue weighted by Crippen LogP contribution is 1.73. The predicted octanol–water partition coefficient (Wildman–Crippen LogP) is 1.55. The molecule has 0 bridgehead atoms. The molecule has 0 saturated heterocycles. The Labute approximate surface area is 57.5 Å². The first-order valence-corrected chi connectivity index (χ1v) is 2.25. The minimum atomic E-state index is -1.81. The smallest absolute Gasteiger partial charge is 0.449 e. The number of ether oxygens (including phenoxy) is 1. The zero-order valence-electron chi connectivity index (χ0n) is 5.40. The fourth-order valence-electron chi connectivity index (χ4n) is 0.0747. The summed E-state index contributed by atoms with van der Waals surface area (Å²) in [6.45, 7) is 5.25. The first-order chi connectivity index (χ1) is 4.54. The van der Waals surface area contributed by atoms with E-state index in [1.54, 1.807) is 6.08 Å². The zero-order chi connectivity index (χ0) is 8.57. The Hall–Kier alpha value is -1.52. The summed E-state index contributed by atoms with van der Waals surface area (Å²) in [4.78, 5) is 18.4. The monoisotopic (exact) mass is 148 g/mol. The molecule has 0 aliphatic rings. The molecule has 5 heteroatoms. The molecule has 0 aliphatic heterocycles. The second kappa shape index (κ2) is 7.48. The molecule has 0 atom stereocenters. The van der Waals surface area contributed by atoms with Gasteiger partial charge in [-0.1, -0.05) is 6.08 Å². The molecule has 58 valence electrons. The number of carboxylic acid groups (broad SMARTS) is 2. The molecule has 0 fully saturated rings. The molecule has 0 unspecified atom stereocenters. The van der Waals surface area contributed by atoms with Gasteiger partial charge in [-0.05, 0) is 6.92 Å². The molecule has 5 nitrogen and oxygen atoms in total. The maximum absolute atomic E-state index is 9.21. The van der Waals surface area contributed by atoms with Gasteiger partial charge in [0.25, 0.3) is 0 Å². The van der Waals surface area contributed by atoms with E-state index in [9.17, 15) is 9.59 Å². The van der Waals surface area contributed by atoms with E-state index in [1.807, 2.05) is 6.92 Å². The van der Waals surface area contributed by atoms with E-state index in [1.165, 1.54) is 0 Å². The molecule has 0 saturated carbocycles. The number of allylic oxidation sites excluding steroid dienone is 1. The van der Waals surface area contributed by atoms with Gasteiger partial charge in [-0.15, -0.1) is 6.58 Å². The van der Waals surface area contributed by atoms with Gasteiger partial charge in [0.1, 0.15) is 0 Å². The van der Waals surface area contributed by atoms with Crippen molar-refractivity contribution in [3.8, 4) is 0 Å². The predicted molar refractivity (Wildman–Crippen MR) is 33.0 cm³/mol. The van der Waals surface area contributed by atoms with Crippen LogP contribution in [0.4, 0.5) is 9.59 Å². The third-order valence-electron chi connectivity index (χ3n) is 0.175. The second-order valence-electron chi connectivity index (χ2n) is 1.04. The third kappa shape index (κ3) is 31.6. The molecule has 0 aliphatic carbocycles. The Morgan fingerprint density at radius 2 is 1.60 bits per heavy atom. The highest BCUT2D eigenvalue weighted by molar-refractivity contribution is 5.74. The van der Waals surface area contributed by atoms with Crippen LogP contribution in [0, 0.1) is 0 Å². The van der Waals surface area contributed by atoms with Crippen LogP contribution in [-0.2, 0) is 4.74 Å². The SMILES string of the molecule is C=CC.O=C(O)OC(=O)O. The van der Waals surface area contributed by atoms with Crippen molar-refractivity contribution in [3.05, 3.63) is 12.7 Å². The van der Waals surface area contributed by atoms with E-state index in [-0.39, 0.29) is 0 Å². The van der Waals surface area contributed by atoms with Gasteiger partial charge < -0.3 is 14.9 Å². The summed E-state index contributed by atoms with van der Waals surface area (Å²) in [5.41, 5.74) is 0. The minimum absolute atomic E-state index is 1.75. The maximum atomic E-state index is 9.21. The van der Waals surface area contributed by atoms with Crippen LogP contribution in [0.2, 0.25) is 0 Å². The van der Waals surface area contributed by atoms with Crippen LogP contribution >= 0.6 is 0 Å². The molecule has 0 aromatic rings. The first-order valence-electron chi connectivity index (χ1n) is 2.25. The molecule has 0 heterocycles. The Bertz CT molecular complexity index is 116. The van der Waals surface area contributed by atoms with Crippen LogP contribution < -0.4 is 0 Å². The lowest BCUT2D eigenvalue weighted by atomic mass is 10.8. The molecule has 10 heavy (non-hydrogen) atoms. The van der Waals surface area contributed by atoms with Crippen LogP contribution in [0.5, 0.6) is 0 Å². The quantitative estimate of drug-likeness (QED) is 0.309. The number of hydrogen-bond acceptors (Lipinski definition) is 3. The summed E-state index contributed by atoms with van der Waals surface area (Å²) in [6, 6.07) is 0. The van der Waals surface area contributed by atoms with Gasteiger partial charge in [-0.3, -0.25) is 0 Å². The summed E-state index contributed by atoms with van der Waals surface area (Å²) in [5, 5.41) is 15.0. The molecular formula is C5H8O5. The van der Waals surface area contributed by atoms with Crippen LogP contribution in [0.1, 0.15) is 6.92 Å². The number of hydrogen-bond donors (Lipinski definition) is 2. The van der Waals surface area contributed by atoms with Crippen molar-refractivity contribution >= 4 is 12.3 Å². The topological polar surface area (TPSA) is 83.8 Å². The van der Waals surface area contributed by atoms with Crippen LogP contribution in [0.15, 0.2) is 12.7 Å². The van der Waals surface area contributed by atoms with Crippen molar-refractivity contribution in [1.29, 1.82) is 0 Å². The largest absolute Gasteiger partial charge is 0.516 e. The van der Waals surface area contributed by atoms with Crippen molar-refractivity contribution in [2.45, 2.75) is 6.92 Å². The van der Waals surface area contributed by atoms with Gasteiger partial charge in [-0.2, -0.15) is 0 Å². The summed E-state index contributed by atoms with van der Waals surface area (Å²) >= 11 is 0. The van der Waals surface area contributed by atoms with E-state index < -0.39 is 12.3 Å². The van der Waals surface area contributed by atoms with Crippen molar-refractivity contribution in [3.63, 3.8) is 0 Å². The van der Waals surface area contributed by atoms with Gasteiger partial charge in [-0.25, -0.2) is 9.59 Å². The van der Waals surface area contributed by atoms with Gasteiger partial charge in [0.15, 0.2) is 0 Å². The lowest BCUT2D eigenvalue weighted by molar-refractivity contribution is 0.0802. The standard InChI is InChI=1S/C3H6.C2H2O5/c1-3-2;3-1(4)7-2(5)6/h3H,1H2,2H3;(H,3,4)(H,5,6). The lowest BCUT2D eigenvalue weighted by Crippen LogP contribution is -2.05. The molecule has 0 rings (SSSR count). The van der Waals surface area contributed by atoms with Crippen molar-refractivity contribution in [1.82, 2.24) is 0 Å². The zero-order valence-corrected chi connectivity index (χ0v) is 5.40. The molecule has 0 aromatic carbocycles. The number of rotatable bonds is 0. The summed E-state index contributed by atoms with van der Waals surface area (Å²) in [7, 11) is 0. The maximum Gasteiger partial charge on any atom is 0.516 e. The van der Waals surface area contributed by atoms with E-state index >= 15 is 0 Å². The van der Waals surface area contributed by atoms with Crippen LogP contribution in [0.3, 0.4) is 0 Å². The van der Waals surface area contributed by atoms with E-state index in [4.69, 9.17) is 10.2 Å². The molecular weight excluding hydrogens is 140 g/mol. The lowest BCUT2D eigenvalue weighted by Gasteiger charge is -1.84. The van der Waals surface area contributed by atoms with Gasteiger partial charge >= 0.3 is 12.3 Å². The Morgan fingerprint density at radius 1 is 1.40 bits per heavy atom. The molecule has 0 radical (unpaired) electrons. The third-order valence-corrected chi connectivity index (χ3v) is 0.175. The van der Waals surface area contributed by atoms with E-state index in [0.29, 0.717) is 0 Å². The van der Waals surface area contributed by atoms with Crippen molar-refractivity contribution in [2.75, 3.05) is 0 Å². The minimum Gasteiger partial charge on any atom is -0.449 e. The average Bonchev–Trinajstić information content (AvgIpc) is 1.62. The Balaban J connectivity index is 0. The summed E-state index contributed by atoms with van der Waals surface area (Å²) < 4.78 is 3.08. The molecule has 2 N–H and O–H groups in total. The van der Waals surface area contributed by atoms with E-state index in [2.05, 4.69) is 11.3 Å². The molecule has 0 amide bonds. The fraction of sp³-hybridized carbons (Fsp3) is 0.200. The summed E-state index contributed by atoms with van der Waals surface area (Å²) in [5.74, 6) is 0. The van der Waals surface area contributed by atoms with Crippen LogP contribution in [0.25, 0.3) is 0 Å². The number of carbonyl (C=O) groups is 2. The molecule has 0 aromatic heterocycles. The van der Waals surface area contributed by atoms with Crippen LogP contribution in [-0.4, -0.2) is 22.5 Å². The summed E-state index contributed by atoms with van der Waals surface area (Å²) in [6.07, 6.45) is -1.87. The second-order valence-corrected chi connectivity index (χ2v) is 1.04. The fourth-order valence-corrected chi connectivity index (χ4v) is 0.0747. The van der Waals surface area contributed by atoms with E-state index in [0.717, 1.165) is 0 Å². The van der Waals surface area contributed by atoms with Gasteiger partial charge in [0.2, 0.25) is 0 Å². The Morgan fingerprint density at radius 3 is 1.60 bits per heavy atom. The highest BCUT2D eigenvalue weighted by Gasteiger charge is 2.01.